The number of halogens is 1. The molecule has 0 radical (unpaired) electrons. The van der Waals surface area contributed by atoms with Gasteiger partial charge in [0.15, 0.2) is 0 Å². The van der Waals surface area contributed by atoms with Crippen molar-refractivity contribution >= 4 is 35.1 Å². The van der Waals surface area contributed by atoms with Crippen LogP contribution in [0.2, 0.25) is 5.02 Å². The molecule has 0 saturated heterocycles. The summed E-state index contributed by atoms with van der Waals surface area (Å²) in [6.07, 6.45) is 9.48. The van der Waals surface area contributed by atoms with E-state index in [9.17, 15) is 4.79 Å². The number of aliphatic hydroxyl groups excluding tert-OH is 1. The number of carbonyl (C=O) groups excluding carboxylic acids is 1. The van der Waals surface area contributed by atoms with Gasteiger partial charge in [0.25, 0.3) is 0 Å². The van der Waals surface area contributed by atoms with E-state index in [1.165, 1.54) is 35.9 Å². The normalized spacial score (nSPS) is 19.7. The van der Waals surface area contributed by atoms with Gasteiger partial charge in [-0.1, -0.05) is 43.2 Å². The lowest BCUT2D eigenvalue weighted by atomic mass is 9.71. The summed E-state index contributed by atoms with van der Waals surface area (Å²) < 4.78 is 9.52. The molecule has 4 rings (SSSR count). The molecule has 1 saturated carbocycles. The quantitative estimate of drug-likeness (QED) is 0.164. The monoisotopic (exact) mass is 613 g/mol. The van der Waals surface area contributed by atoms with Crippen LogP contribution in [-0.2, 0) is 11.2 Å². The number of hydrogen-bond donors (Lipinski definition) is 3. The zero-order valence-electron chi connectivity index (χ0n) is 25.6. The van der Waals surface area contributed by atoms with Crippen LogP contribution in [0.25, 0.3) is 0 Å². The lowest BCUT2D eigenvalue weighted by Gasteiger charge is -2.41. The molecule has 1 fully saturated rings. The first-order valence-electron chi connectivity index (χ1n) is 14.9. The van der Waals surface area contributed by atoms with Crippen molar-refractivity contribution in [3.05, 3.63) is 77.9 Å². The summed E-state index contributed by atoms with van der Waals surface area (Å²) >= 11 is 7.75. The zero-order chi connectivity index (χ0) is 30.7. The Hall–Kier alpha value is -2.45. The minimum atomic E-state index is -0.700. The van der Waals surface area contributed by atoms with Crippen molar-refractivity contribution < 1.29 is 14.6 Å². The topological polar surface area (TPSA) is 73.8 Å². The van der Waals surface area contributed by atoms with Crippen LogP contribution >= 0.6 is 23.5 Å². The summed E-state index contributed by atoms with van der Waals surface area (Å²) in [5, 5.41) is 11.0. The lowest BCUT2D eigenvalue weighted by molar-refractivity contribution is -0.124. The Labute approximate surface area is 262 Å². The second kappa shape index (κ2) is 16.4. The number of carbonyl (C=O) groups is 1. The fourth-order valence-corrected chi connectivity index (χ4v) is 6.65. The first kappa shape index (κ1) is 34.0. The summed E-state index contributed by atoms with van der Waals surface area (Å²) in [5.41, 5.74) is 3.04. The van der Waals surface area contributed by atoms with Crippen LogP contribution in [0, 0.1) is 11.8 Å². The van der Waals surface area contributed by atoms with Gasteiger partial charge in [-0.15, -0.1) is 13.2 Å². The summed E-state index contributed by atoms with van der Waals surface area (Å²) in [6, 6.07) is 12.6. The highest BCUT2D eigenvalue weighted by Crippen LogP contribution is 2.43. The van der Waals surface area contributed by atoms with Gasteiger partial charge < -0.3 is 20.1 Å². The highest BCUT2D eigenvalue weighted by molar-refractivity contribution is 7.98. The van der Waals surface area contributed by atoms with Gasteiger partial charge in [0, 0.05) is 42.6 Å². The van der Waals surface area contributed by atoms with E-state index in [1.54, 1.807) is 6.08 Å². The molecular weight excluding hydrogens is 566 g/mol. The van der Waals surface area contributed by atoms with Gasteiger partial charge in [-0.25, -0.2) is 0 Å². The SMILES string of the molecule is C=CCNC(C)(C)C(=O)NSc1ccc2c(c1)N(CC1CCC1CC=C)CC(c1ccc(Cl)cc1CCC)CO2.CO. The predicted molar refractivity (Wildman–Crippen MR) is 178 cm³/mol. The molecule has 2 aromatic carbocycles. The number of anilines is 1. The molecule has 1 aliphatic heterocycles. The Morgan fingerprint density at radius 3 is 2.60 bits per heavy atom. The first-order valence-corrected chi connectivity index (χ1v) is 16.1. The molecule has 230 valence electrons. The van der Waals surface area contributed by atoms with Crippen molar-refractivity contribution in [2.24, 2.45) is 11.8 Å². The van der Waals surface area contributed by atoms with E-state index in [1.807, 2.05) is 26.0 Å². The van der Waals surface area contributed by atoms with Gasteiger partial charge in [0.1, 0.15) is 5.75 Å². The highest BCUT2D eigenvalue weighted by Gasteiger charge is 2.34. The fourth-order valence-electron chi connectivity index (χ4n) is 5.68. The standard InChI is InChI=1S/C33H44ClN3O2S.CH4O/c1-6-9-23-11-12-25(23)20-37-21-26(29-15-13-27(34)18-24(29)10-7-2)22-39-31-16-14-28(19-30(31)37)40-36-32(38)33(4,5)35-17-8-3;1-2/h6,8,13-16,18-19,23,25-26,35H,1,3,7,9-12,17,20-22H2,2,4-5H3,(H,36,38);2H,1H3. The smallest absolute Gasteiger partial charge is 0.249 e. The van der Waals surface area contributed by atoms with Crippen molar-refractivity contribution in [1.82, 2.24) is 10.0 Å². The molecule has 2 aromatic rings. The molecule has 8 heteroatoms. The number of nitrogens with zero attached hydrogens (tertiary/aromatic N) is 1. The Balaban J connectivity index is 0.00000237. The number of hydrogen-bond acceptors (Lipinski definition) is 6. The van der Waals surface area contributed by atoms with E-state index in [0.29, 0.717) is 25.0 Å². The second-order valence-electron chi connectivity index (χ2n) is 11.6. The molecule has 1 heterocycles. The average molecular weight is 614 g/mol. The Kier molecular flexibility index (Phi) is 13.3. The second-order valence-corrected chi connectivity index (χ2v) is 12.9. The number of ether oxygens (including phenoxy) is 1. The van der Waals surface area contributed by atoms with Crippen LogP contribution in [0.5, 0.6) is 5.75 Å². The number of fused-ring (bicyclic) bond motifs is 1. The van der Waals surface area contributed by atoms with E-state index in [-0.39, 0.29) is 11.8 Å². The summed E-state index contributed by atoms with van der Waals surface area (Å²) in [5.74, 6) is 2.39. The third kappa shape index (κ3) is 8.79. The number of allylic oxidation sites excluding steroid dienone is 1. The largest absolute Gasteiger partial charge is 0.491 e. The molecule has 0 bridgehead atoms. The molecule has 3 unspecified atom stereocenters. The Morgan fingerprint density at radius 1 is 1.17 bits per heavy atom. The molecule has 0 spiro atoms. The van der Waals surface area contributed by atoms with Gasteiger partial charge in [0.05, 0.1) is 17.8 Å². The molecule has 42 heavy (non-hydrogen) atoms. The van der Waals surface area contributed by atoms with Crippen molar-refractivity contribution in [1.29, 1.82) is 0 Å². The summed E-state index contributed by atoms with van der Waals surface area (Å²) in [6.45, 7) is 16.7. The molecule has 1 amide bonds. The van der Waals surface area contributed by atoms with Crippen LogP contribution in [-0.4, -0.2) is 49.9 Å². The van der Waals surface area contributed by atoms with Crippen molar-refractivity contribution in [2.75, 3.05) is 38.3 Å². The number of benzene rings is 2. The highest BCUT2D eigenvalue weighted by atomic mass is 35.5. The zero-order valence-corrected chi connectivity index (χ0v) is 27.2. The van der Waals surface area contributed by atoms with Crippen molar-refractivity contribution in [2.45, 2.75) is 69.2 Å². The van der Waals surface area contributed by atoms with E-state index in [2.05, 4.69) is 65.4 Å². The predicted octanol–water partition coefficient (Wildman–Crippen LogP) is 7.16. The van der Waals surface area contributed by atoms with Crippen LogP contribution < -0.4 is 19.7 Å². The molecular formula is C34H48ClN3O3S. The number of aryl methyl sites for hydroxylation is 1. The van der Waals surface area contributed by atoms with Crippen LogP contribution in [0.3, 0.4) is 0 Å². The summed E-state index contributed by atoms with van der Waals surface area (Å²) in [7, 11) is 1.00. The lowest BCUT2D eigenvalue weighted by Crippen LogP contribution is -2.51. The van der Waals surface area contributed by atoms with Gasteiger partial charge in [-0.3, -0.25) is 9.52 Å². The van der Waals surface area contributed by atoms with E-state index >= 15 is 0 Å². The van der Waals surface area contributed by atoms with Crippen LogP contribution in [0.15, 0.2) is 66.6 Å². The molecule has 3 atom stereocenters. The third-order valence-corrected chi connectivity index (χ3v) is 9.25. The first-order chi connectivity index (χ1) is 20.2. The Bertz CT molecular complexity index is 1200. The maximum Gasteiger partial charge on any atom is 0.249 e. The average Bonchev–Trinajstić information content (AvgIpc) is 3.16. The van der Waals surface area contributed by atoms with Crippen LogP contribution in [0.4, 0.5) is 5.69 Å². The summed E-state index contributed by atoms with van der Waals surface area (Å²) in [4.78, 5) is 16.4. The number of amides is 1. The van der Waals surface area contributed by atoms with Crippen molar-refractivity contribution in [3.8, 4) is 5.75 Å². The maximum absolute atomic E-state index is 12.9. The third-order valence-electron chi connectivity index (χ3n) is 8.23. The maximum atomic E-state index is 12.9. The molecule has 6 nitrogen and oxygen atoms in total. The number of aliphatic hydroxyl groups is 1. The van der Waals surface area contributed by atoms with Gasteiger partial charge in [-0.05, 0) is 105 Å². The van der Waals surface area contributed by atoms with E-state index < -0.39 is 5.54 Å². The fraction of sp³-hybridized carbons (Fsp3) is 0.500. The Morgan fingerprint density at radius 2 is 1.93 bits per heavy atom. The number of rotatable bonds is 13. The van der Waals surface area contributed by atoms with Gasteiger partial charge in [0.2, 0.25) is 5.91 Å². The van der Waals surface area contributed by atoms with E-state index in [0.717, 1.165) is 60.8 Å². The molecule has 2 aliphatic rings. The van der Waals surface area contributed by atoms with Crippen LogP contribution in [0.1, 0.15) is 63.5 Å². The number of nitrogens with one attached hydrogen (secondary N) is 2. The van der Waals surface area contributed by atoms with Gasteiger partial charge in [-0.2, -0.15) is 0 Å². The minimum absolute atomic E-state index is 0.0737. The molecule has 1 aliphatic carbocycles. The van der Waals surface area contributed by atoms with Gasteiger partial charge >= 0.3 is 0 Å². The minimum Gasteiger partial charge on any atom is -0.491 e. The molecule has 3 N–H and O–H groups in total. The molecule has 0 aromatic heterocycles. The van der Waals surface area contributed by atoms with E-state index in [4.69, 9.17) is 21.4 Å². The van der Waals surface area contributed by atoms with Crippen molar-refractivity contribution in [3.63, 3.8) is 0 Å².